The van der Waals surface area contributed by atoms with Crippen LogP contribution in [-0.4, -0.2) is 25.0 Å². The number of hydrogen-bond donors (Lipinski definition) is 2. The molecule has 4 heteroatoms. The zero-order valence-corrected chi connectivity index (χ0v) is 9.32. The normalized spacial score (nSPS) is 18.2. The van der Waals surface area contributed by atoms with E-state index in [0.717, 1.165) is 24.4 Å². The highest BCUT2D eigenvalue weighted by Gasteiger charge is 2.18. The minimum atomic E-state index is -0.0535. The minimum Gasteiger partial charge on any atom is -0.486 e. The summed E-state index contributed by atoms with van der Waals surface area (Å²) < 4.78 is 5.74. The van der Waals surface area contributed by atoms with Crippen LogP contribution in [0.15, 0.2) is 18.2 Å². The molecule has 1 atom stereocenters. The fourth-order valence-corrected chi connectivity index (χ4v) is 1.73. The number of nitrogens with one attached hydrogen (secondary N) is 1. The van der Waals surface area contributed by atoms with Crippen molar-refractivity contribution in [1.82, 2.24) is 0 Å². The highest BCUT2D eigenvalue weighted by molar-refractivity contribution is 5.98. The van der Waals surface area contributed by atoms with Crippen molar-refractivity contribution in [2.75, 3.05) is 18.4 Å². The van der Waals surface area contributed by atoms with Crippen molar-refractivity contribution in [2.45, 2.75) is 19.4 Å². The maximum Gasteiger partial charge on any atom is 0.176 e. The molecular weight excluding hydrogens is 204 g/mol. The Labute approximate surface area is 94.8 Å². The lowest BCUT2D eigenvalue weighted by atomic mass is 10.1. The van der Waals surface area contributed by atoms with Gasteiger partial charge in [-0.25, -0.2) is 0 Å². The van der Waals surface area contributed by atoms with Gasteiger partial charge in [-0.15, -0.1) is 0 Å². The van der Waals surface area contributed by atoms with Gasteiger partial charge in [-0.05, 0) is 24.6 Å². The Morgan fingerprint density at radius 2 is 2.44 bits per heavy atom. The van der Waals surface area contributed by atoms with E-state index >= 15 is 0 Å². The Morgan fingerprint density at radius 1 is 1.62 bits per heavy atom. The molecule has 0 amide bonds. The summed E-state index contributed by atoms with van der Waals surface area (Å²) in [6.07, 6.45) is 1.18. The van der Waals surface area contributed by atoms with Gasteiger partial charge < -0.3 is 15.8 Å². The van der Waals surface area contributed by atoms with Crippen molar-refractivity contribution in [3.05, 3.63) is 23.8 Å². The molecule has 1 heterocycles. The van der Waals surface area contributed by atoms with E-state index in [1.165, 1.54) is 0 Å². The molecule has 2 rings (SSSR count). The van der Waals surface area contributed by atoms with E-state index in [9.17, 15) is 4.79 Å². The van der Waals surface area contributed by atoms with Gasteiger partial charge in [0, 0.05) is 5.56 Å². The van der Waals surface area contributed by atoms with Crippen molar-refractivity contribution in [3.8, 4) is 5.75 Å². The molecule has 1 aromatic rings. The largest absolute Gasteiger partial charge is 0.486 e. The summed E-state index contributed by atoms with van der Waals surface area (Å²) in [7, 11) is 0. The van der Waals surface area contributed by atoms with Crippen LogP contribution in [0, 0.1) is 0 Å². The smallest absolute Gasteiger partial charge is 0.176 e. The van der Waals surface area contributed by atoms with Gasteiger partial charge in [-0.3, -0.25) is 4.79 Å². The predicted molar refractivity (Wildman–Crippen MR) is 63.0 cm³/mol. The minimum absolute atomic E-state index is 0.0389. The Balaban J connectivity index is 2.24. The van der Waals surface area contributed by atoms with E-state index < -0.39 is 0 Å². The van der Waals surface area contributed by atoms with Crippen molar-refractivity contribution in [3.63, 3.8) is 0 Å². The molecule has 0 saturated heterocycles. The molecule has 0 spiro atoms. The Morgan fingerprint density at radius 3 is 3.12 bits per heavy atom. The van der Waals surface area contributed by atoms with Gasteiger partial charge in [0.05, 0.1) is 18.8 Å². The summed E-state index contributed by atoms with van der Waals surface area (Å²) >= 11 is 0. The van der Waals surface area contributed by atoms with Crippen LogP contribution in [0.5, 0.6) is 5.75 Å². The molecule has 0 aliphatic carbocycles. The number of nitrogens with two attached hydrogens (primary N) is 1. The second-order valence-electron chi connectivity index (χ2n) is 3.87. The molecule has 86 valence electrons. The van der Waals surface area contributed by atoms with Crippen LogP contribution in [0.1, 0.15) is 23.7 Å². The molecule has 1 aromatic carbocycles. The molecule has 0 saturated carbocycles. The second-order valence-corrected chi connectivity index (χ2v) is 3.87. The summed E-state index contributed by atoms with van der Waals surface area (Å²) in [4.78, 5) is 11.4. The van der Waals surface area contributed by atoms with Gasteiger partial charge in [0.25, 0.3) is 0 Å². The number of ketones is 1. The number of anilines is 1. The highest BCUT2D eigenvalue weighted by Crippen LogP contribution is 2.30. The van der Waals surface area contributed by atoms with Crippen molar-refractivity contribution < 1.29 is 9.53 Å². The van der Waals surface area contributed by atoms with Crippen LogP contribution in [0.3, 0.4) is 0 Å². The first-order chi connectivity index (χ1) is 7.74. The van der Waals surface area contributed by atoms with Crippen LogP contribution < -0.4 is 15.8 Å². The maximum absolute atomic E-state index is 11.4. The molecule has 1 unspecified atom stereocenters. The first-order valence-corrected chi connectivity index (χ1v) is 5.52. The lowest BCUT2D eigenvalue weighted by Crippen LogP contribution is -2.30. The number of hydrogen-bond acceptors (Lipinski definition) is 4. The first-order valence-electron chi connectivity index (χ1n) is 5.52. The third-order valence-electron chi connectivity index (χ3n) is 2.76. The average Bonchev–Trinajstić information content (AvgIpc) is 2.36. The second kappa shape index (κ2) is 4.53. The monoisotopic (exact) mass is 220 g/mol. The van der Waals surface area contributed by atoms with Gasteiger partial charge >= 0.3 is 0 Å². The lowest BCUT2D eigenvalue weighted by Gasteiger charge is -2.26. The number of benzene rings is 1. The molecule has 1 aliphatic rings. The van der Waals surface area contributed by atoms with Crippen LogP contribution in [-0.2, 0) is 0 Å². The Bertz CT molecular complexity index is 404. The third kappa shape index (κ3) is 2.02. The maximum atomic E-state index is 11.4. The first kappa shape index (κ1) is 11.0. The molecule has 0 aromatic heterocycles. The van der Waals surface area contributed by atoms with E-state index in [1.807, 2.05) is 6.07 Å². The van der Waals surface area contributed by atoms with Crippen LogP contribution in [0.25, 0.3) is 0 Å². The van der Waals surface area contributed by atoms with Gasteiger partial charge in [0.1, 0.15) is 11.9 Å². The van der Waals surface area contributed by atoms with Gasteiger partial charge in [-0.2, -0.15) is 0 Å². The molecule has 0 radical (unpaired) electrons. The van der Waals surface area contributed by atoms with Gasteiger partial charge in [0.15, 0.2) is 5.78 Å². The number of ether oxygens (including phenoxy) is 1. The van der Waals surface area contributed by atoms with E-state index in [0.29, 0.717) is 5.56 Å². The molecule has 1 aliphatic heterocycles. The molecular formula is C12H16N2O2. The SMILES string of the molecule is CCC1CNc2cc(C(=O)CN)ccc2O1. The van der Waals surface area contributed by atoms with E-state index in [-0.39, 0.29) is 18.4 Å². The molecule has 16 heavy (non-hydrogen) atoms. The molecule has 3 N–H and O–H groups in total. The summed E-state index contributed by atoms with van der Waals surface area (Å²) in [5.74, 6) is 0.758. The Kier molecular flexibility index (Phi) is 3.10. The number of carbonyl (C=O) groups excluding carboxylic acids is 1. The fraction of sp³-hybridized carbons (Fsp3) is 0.417. The summed E-state index contributed by atoms with van der Waals surface area (Å²) in [6.45, 7) is 2.91. The molecule has 0 fully saturated rings. The Hall–Kier alpha value is -1.55. The third-order valence-corrected chi connectivity index (χ3v) is 2.76. The lowest BCUT2D eigenvalue weighted by molar-refractivity contribution is 0.100. The average molecular weight is 220 g/mol. The van der Waals surface area contributed by atoms with Crippen molar-refractivity contribution >= 4 is 11.5 Å². The zero-order valence-electron chi connectivity index (χ0n) is 9.32. The predicted octanol–water partition coefficient (Wildman–Crippen LogP) is 1.41. The summed E-state index contributed by atoms with van der Waals surface area (Å²) in [5.41, 5.74) is 6.83. The number of rotatable bonds is 3. The van der Waals surface area contributed by atoms with Crippen molar-refractivity contribution in [1.29, 1.82) is 0 Å². The van der Waals surface area contributed by atoms with E-state index in [2.05, 4.69) is 12.2 Å². The summed E-state index contributed by atoms with van der Waals surface area (Å²) in [6, 6.07) is 5.39. The van der Waals surface area contributed by atoms with Crippen LogP contribution in [0.2, 0.25) is 0 Å². The van der Waals surface area contributed by atoms with Gasteiger partial charge in [-0.1, -0.05) is 6.92 Å². The topological polar surface area (TPSA) is 64.4 Å². The quantitative estimate of drug-likeness (QED) is 0.756. The summed E-state index contributed by atoms with van der Waals surface area (Å²) in [5, 5.41) is 3.26. The fourth-order valence-electron chi connectivity index (χ4n) is 1.73. The van der Waals surface area contributed by atoms with Crippen LogP contribution >= 0.6 is 0 Å². The standard InChI is InChI=1S/C12H16N2O2/c1-2-9-7-14-10-5-8(11(15)6-13)3-4-12(10)16-9/h3-5,9,14H,2,6-7,13H2,1H3. The zero-order chi connectivity index (χ0) is 11.5. The van der Waals surface area contributed by atoms with Crippen LogP contribution in [0.4, 0.5) is 5.69 Å². The molecule has 4 nitrogen and oxygen atoms in total. The van der Waals surface area contributed by atoms with E-state index in [1.54, 1.807) is 12.1 Å². The molecule has 0 bridgehead atoms. The number of fused-ring (bicyclic) bond motifs is 1. The highest BCUT2D eigenvalue weighted by atomic mass is 16.5. The van der Waals surface area contributed by atoms with Gasteiger partial charge in [0.2, 0.25) is 0 Å². The number of Topliss-reactive ketones (excluding diaryl/α,β-unsaturated/α-hetero) is 1. The van der Waals surface area contributed by atoms with Crippen molar-refractivity contribution in [2.24, 2.45) is 5.73 Å². The van der Waals surface area contributed by atoms with E-state index in [4.69, 9.17) is 10.5 Å². The number of carbonyl (C=O) groups is 1.